The Kier molecular flexibility index (Phi) is 7.29. The highest BCUT2D eigenvalue weighted by atomic mass is 32.2. The van der Waals surface area contributed by atoms with E-state index in [0.717, 1.165) is 17.2 Å². The van der Waals surface area contributed by atoms with Gasteiger partial charge in [-0.3, -0.25) is 0 Å². The van der Waals surface area contributed by atoms with Gasteiger partial charge in [-0.05, 0) is 55.8 Å². The van der Waals surface area contributed by atoms with Crippen molar-refractivity contribution in [1.29, 1.82) is 0 Å². The van der Waals surface area contributed by atoms with Gasteiger partial charge in [0.2, 0.25) is 0 Å². The molecule has 1 atom stereocenters. The third-order valence-corrected chi connectivity index (χ3v) is 3.86. The maximum atomic E-state index is 12.7. The zero-order valence-corrected chi connectivity index (χ0v) is 11.5. The Morgan fingerprint density at radius 3 is 2.53 bits per heavy atom. The zero-order valence-electron chi connectivity index (χ0n) is 10.7. The second-order valence-electron chi connectivity index (χ2n) is 4.11. The van der Waals surface area contributed by atoms with E-state index in [1.54, 1.807) is 11.8 Å². The SMILES string of the molecule is CCNC(CC)CCCSc1ccc(F)cc1. The number of hydrogen-bond donors (Lipinski definition) is 1. The largest absolute Gasteiger partial charge is 0.314 e. The quantitative estimate of drug-likeness (QED) is 0.555. The molecule has 0 amide bonds. The van der Waals surface area contributed by atoms with Gasteiger partial charge in [0.05, 0.1) is 0 Å². The van der Waals surface area contributed by atoms with Crippen molar-refractivity contribution in [3.05, 3.63) is 30.1 Å². The zero-order chi connectivity index (χ0) is 12.5. The fraction of sp³-hybridized carbons (Fsp3) is 0.571. The maximum absolute atomic E-state index is 12.7. The molecule has 1 aromatic carbocycles. The molecule has 0 aliphatic heterocycles. The standard InChI is InChI=1S/C14H22FNS/c1-3-13(16-4-2)6-5-11-17-14-9-7-12(15)8-10-14/h7-10,13,16H,3-6,11H2,1-2H3. The van der Waals surface area contributed by atoms with Gasteiger partial charge in [-0.25, -0.2) is 4.39 Å². The topological polar surface area (TPSA) is 12.0 Å². The van der Waals surface area contributed by atoms with Gasteiger partial charge in [0.15, 0.2) is 0 Å². The van der Waals surface area contributed by atoms with Crippen LogP contribution in [0.3, 0.4) is 0 Å². The van der Waals surface area contributed by atoms with Crippen molar-refractivity contribution in [2.24, 2.45) is 0 Å². The van der Waals surface area contributed by atoms with E-state index in [9.17, 15) is 4.39 Å². The molecule has 1 nitrogen and oxygen atoms in total. The fourth-order valence-electron chi connectivity index (χ4n) is 1.79. The summed E-state index contributed by atoms with van der Waals surface area (Å²) in [5.74, 6) is 0.945. The van der Waals surface area contributed by atoms with E-state index in [1.807, 2.05) is 12.1 Å². The normalized spacial score (nSPS) is 12.6. The lowest BCUT2D eigenvalue weighted by Crippen LogP contribution is -2.28. The maximum Gasteiger partial charge on any atom is 0.123 e. The van der Waals surface area contributed by atoms with E-state index >= 15 is 0 Å². The molecule has 1 N–H and O–H groups in total. The predicted octanol–water partition coefficient (Wildman–Crippen LogP) is 4.09. The smallest absolute Gasteiger partial charge is 0.123 e. The van der Waals surface area contributed by atoms with Crippen LogP contribution in [0.2, 0.25) is 0 Å². The van der Waals surface area contributed by atoms with Crippen molar-refractivity contribution in [2.45, 2.75) is 44.0 Å². The summed E-state index contributed by atoms with van der Waals surface area (Å²) in [6.45, 7) is 5.42. The van der Waals surface area contributed by atoms with Gasteiger partial charge in [0, 0.05) is 10.9 Å². The average Bonchev–Trinajstić information content (AvgIpc) is 2.35. The van der Waals surface area contributed by atoms with E-state index in [1.165, 1.54) is 31.4 Å². The molecule has 1 aromatic rings. The molecule has 17 heavy (non-hydrogen) atoms. The van der Waals surface area contributed by atoms with Crippen LogP contribution in [0, 0.1) is 5.82 Å². The average molecular weight is 255 g/mol. The van der Waals surface area contributed by atoms with Crippen LogP contribution in [0.1, 0.15) is 33.1 Å². The van der Waals surface area contributed by atoms with Crippen LogP contribution in [-0.2, 0) is 0 Å². The minimum atomic E-state index is -0.160. The van der Waals surface area contributed by atoms with Crippen molar-refractivity contribution in [3.8, 4) is 0 Å². The van der Waals surface area contributed by atoms with Crippen molar-refractivity contribution < 1.29 is 4.39 Å². The third-order valence-electron chi connectivity index (χ3n) is 2.76. The number of halogens is 1. The Balaban J connectivity index is 2.17. The highest BCUT2D eigenvalue weighted by Gasteiger charge is 2.03. The molecule has 0 fully saturated rings. The Bertz CT molecular complexity index is 300. The summed E-state index contributed by atoms with van der Waals surface area (Å²) >= 11 is 1.81. The Morgan fingerprint density at radius 1 is 1.24 bits per heavy atom. The second kappa shape index (κ2) is 8.54. The number of hydrogen-bond acceptors (Lipinski definition) is 2. The Morgan fingerprint density at radius 2 is 1.94 bits per heavy atom. The summed E-state index contributed by atoms with van der Waals surface area (Å²) in [5, 5.41) is 3.48. The van der Waals surface area contributed by atoms with Gasteiger partial charge in [0.25, 0.3) is 0 Å². The lowest BCUT2D eigenvalue weighted by Gasteiger charge is -2.15. The number of benzene rings is 1. The van der Waals surface area contributed by atoms with E-state index in [4.69, 9.17) is 0 Å². The van der Waals surface area contributed by atoms with E-state index in [0.29, 0.717) is 6.04 Å². The van der Waals surface area contributed by atoms with Crippen molar-refractivity contribution in [3.63, 3.8) is 0 Å². The first-order chi connectivity index (χ1) is 8.26. The van der Waals surface area contributed by atoms with Crippen LogP contribution in [0.25, 0.3) is 0 Å². The highest BCUT2D eigenvalue weighted by molar-refractivity contribution is 7.99. The molecular formula is C14H22FNS. The molecule has 96 valence electrons. The summed E-state index contributed by atoms with van der Waals surface area (Å²) < 4.78 is 12.7. The van der Waals surface area contributed by atoms with Gasteiger partial charge in [-0.1, -0.05) is 13.8 Å². The summed E-state index contributed by atoms with van der Waals surface area (Å²) in [5.41, 5.74) is 0. The molecule has 0 bridgehead atoms. The first kappa shape index (κ1) is 14.5. The highest BCUT2D eigenvalue weighted by Crippen LogP contribution is 2.20. The first-order valence-electron chi connectivity index (χ1n) is 6.38. The van der Waals surface area contributed by atoms with Crippen molar-refractivity contribution >= 4 is 11.8 Å². The van der Waals surface area contributed by atoms with Crippen molar-refractivity contribution in [1.82, 2.24) is 5.32 Å². The molecule has 1 rings (SSSR count). The van der Waals surface area contributed by atoms with Crippen LogP contribution in [0.4, 0.5) is 4.39 Å². The summed E-state index contributed by atoms with van der Waals surface area (Å²) in [7, 11) is 0. The molecule has 1 unspecified atom stereocenters. The molecule has 0 aliphatic rings. The molecule has 0 aliphatic carbocycles. The van der Waals surface area contributed by atoms with Gasteiger partial charge in [0.1, 0.15) is 5.82 Å². The van der Waals surface area contributed by atoms with Crippen LogP contribution < -0.4 is 5.32 Å². The van der Waals surface area contributed by atoms with E-state index < -0.39 is 0 Å². The predicted molar refractivity (Wildman–Crippen MR) is 74.1 cm³/mol. The van der Waals surface area contributed by atoms with Gasteiger partial charge >= 0.3 is 0 Å². The second-order valence-corrected chi connectivity index (χ2v) is 5.28. The van der Waals surface area contributed by atoms with Crippen LogP contribution >= 0.6 is 11.8 Å². The molecule has 0 radical (unpaired) electrons. The van der Waals surface area contributed by atoms with Gasteiger partial charge in [-0.2, -0.15) is 0 Å². The number of nitrogens with one attached hydrogen (secondary N) is 1. The summed E-state index contributed by atoms with van der Waals surface area (Å²) in [4.78, 5) is 1.16. The Labute approximate surface area is 108 Å². The molecular weight excluding hydrogens is 233 g/mol. The lowest BCUT2D eigenvalue weighted by molar-refractivity contribution is 0.477. The van der Waals surface area contributed by atoms with Gasteiger partial charge in [-0.15, -0.1) is 11.8 Å². The molecule has 3 heteroatoms. The van der Waals surface area contributed by atoms with Gasteiger partial charge < -0.3 is 5.32 Å². The summed E-state index contributed by atoms with van der Waals surface area (Å²) in [6.07, 6.45) is 3.61. The molecule has 0 spiro atoms. The fourth-order valence-corrected chi connectivity index (χ4v) is 2.67. The Hall–Kier alpha value is -0.540. The molecule has 0 saturated heterocycles. The van der Waals surface area contributed by atoms with Crippen LogP contribution in [0.15, 0.2) is 29.2 Å². The minimum absolute atomic E-state index is 0.160. The lowest BCUT2D eigenvalue weighted by atomic mass is 10.1. The number of rotatable bonds is 8. The molecule has 0 saturated carbocycles. The first-order valence-corrected chi connectivity index (χ1v) is 7.36. The molecule has 0 heterocycles. The summed E-state index contributed by atoms with van der Waals surface area (Å²) in [6, 6.07) is 7.39. The van der Waals surface area contributed by atoms with Crippen LogP contribution in [-0.4, -0.2) is 18.3 Å². The van der Waals surface area contributed by atoms with E-state index in [-0.39, 0.29) is 5.82 Å². The van der Waals surface area contributed by atoms with E-state index in [2.05, 4.69) is 19.2 Å². The van der Waals surface area contributed by atoms with Crippen molar-refractivity contribution in [2.75, 3.05) is 12.3 Å². The number of thioether (sulfide) groups is 1. The van der Waals surface area contributed by atoms with Crippen LogP contribution in [0.5, 0.6) is 0 Å². The third kappa shape index (κ3) is 6.08. The molecule has 0 aromatic heterocycles. The minimum Gasteiger partial charge on any atom is -0.314 e. The monoisotopic (exact) mass is 255 g/mol.